The van der Waals surface area contributed by atoms with Crippen molar-refractivity contribution in [3.8, 4) is 11.5 Å². The normalized spacial score (nSPS) is 11.6. The first-order chi connectivity index (χ1) is 14.9. The number of hydrogen-bond donors (Lipinski definition) is 1. The molecule has 0 fully saturated rings. The van der Waals surface area contributed by atoms with Crippen molar-refractivity contribution in [3.63, 3.8) is 0 Å². The van der Waals surface area contributed by atoms with Gasteiger partial charge in [-0.05, 0) is 43.4 Å². The summed E-state index contributed by atoms with van der Waals surface area (Å²) < 4.78 is 52.3. The van der Waals surface area contributed by atoms with Gasteiger partial charge in [0.25, 0.3) is 10.0 Å². The topological polar surface area (TPSA) is 93.6 Å². The Bertz CT molecular complexity index is 1140. The fourth-order valence-electron chi connectivity index (χ4n) is 3.04. The van der Waals surface area contributed by atoms with Gasteiger partial charge in [-0.3, -0.25) is 4.72 Å². The molecule has 3 aromatic rings. The second-order valence-corrected chi connectivity index (χ2v) is 8.36. The predicted octanol–water partition coefficient (Wildman–Crippen LogP) is 3.30. The van der Waals surface area contributed by atoms with Crippen LogP contribution in [0.5, 0.6) is 11.5 Å². The molecule has 31 heavy (non-hydrogen) atoms. The van der Waals surface area contributed by atoms with Crippen LogP contribution in [0.1, 0.15) is 13.8 Å². The number of aromatic nitrogens is 2. The first kappa shape index (κ1) is 22.7. The second-order valence-electron chi connectivity index (χ2n) is 6.68. The predicted molar refractivity (Wildman–Crippen MR) is 117 cm³/mol. The molecule has 0 amide bonds. The average molecular weight is 449 g/mol. The number of benzene rings is 2. The maximum Gasteiger partial charge on any atom is 0.263 e. The molecule has 10 heteroatoms. The highest BCUT2D eigenvalue weighted by Gasteiger charge is 2.18. The van der Waals surface area contributed by atoms with Crippen LogP contribution >= 0.6 is 0 Å². The van der Waals surface area contributed by atoms with Crippen molar-refractivity contribution in [1.29, 1.82) is 0 Å². The van der Waals surface area contributed by atoms with Gasteiger partial charge in [-0.1, -0.05) is 13.8 Å². The van der Waals surface area contributed by atoms with Gasteiger partial charge in [0, 0.05) is 18.0 Å². The monoisotopic (exact) mass is 448 g/mol. The Morgan fingerprint density at radius 3 is 2.42 bits per heavy atom. The molecule has 0 aliphatic heterocycles. The van der Waals surface area contributed by atoms with Crippen LogP contribution in [0.2, 0.25) is 0 Å². The van der Waals surface area contributed by atoms with Gasteiger partial charge in [0.2, 0.25) is 0 Å². The highest BCUT2D eigenvalue weighted by atomic mass is 32.2. The van der Waals surface area contributed by atoms with E-state index in [1.54, 1.807) is 12.1 Å². The van der Waals surface area contributed by atoms with Crippen molar-refractivity contribution in [2.75, 3.05) is 38.1 Å². The first-order valence-corrected chi connectivity index (χ1v) is 11.3. The molecule has 1 N–H and O–H groups in total. The van der Waals surface area contributed by atoms with E-state index in [0.717, 1.165) is 31.8 Å². The molecule has 2 aromatic carbocycles. The molecule has 0 atom stereocenters. The molecule has 3 rings (SSSR count). The number of sulfonamides is 1. The summed E-state index contributed by atoms with van der Waals surface area (Å²) in [5.41, 5.74) is 0.491. The molecule has 1 heterocycles. The summed E-state index contributed by atoms with van der Waals surface area (Å²) >= 11 is 0. The van der Waals surface area contributed by atoms with Gasteiger partial charge in [0.05, 0.1) is 17.5 Å². The zero-order valence-electron chi connectivity index (χ0n) is 17.6. The number of nitrogens with one attached hydrogen (secondary N) is 1. The van der Waals surface area contributed by atoms with Crippen molar-refractivity contribution in [2.45, 2.75) is 18.7 Å². The SMILES string of the molecule is CCN(CC)CCOc1cc2ncnc(NS(=O)(=O)c3ccc(F)cc3)c2cc1OC. The lowest BCUT2D eigenvalue weighted by Gasteiger charge is -2.19. The lowest BCUT2D eigenvalue weighted by atomic mass is 10.2. The molecule has 0 unspecified atom stereocenters. The third-order valence-electron chi connectivity index (χ3n) is 4.84. The largest absolute Gasteiger partial charge is 0.493 e. The van der Waals surface area contributed by atoms with Crippen LogP contribution in [-0.2, 0) is 10.0 Å². The van der Waals surface area contributed by atoms with Crippen LogP contribution in [0.15, 0.2) is 47.6 Å². The van der Waals surface area contributed by atoms with Gasteiger partial charge in [0.15, 0.2) is 17.3 Å². The summed E-state index contributed by atoms with van der Waals surface area (Å²) in [7, 11) is -2.46. The fourth-order valence-corrected chi connectivity index (χ4v) is 4.07. The number of fused-ring (bicyclic) bond motifs is 1. The van der Waals surface area contributed by atoms with Crippen LogP contribution in [0.3, 0.4) is 0 Å². The Morgan fingerprint density at radius 2 is 1.77 bits per heavy atom. The smallest absolute Gasteiger partial charge is 0.263 e. The van der Waals surface area contributed by atoms with Gasteiger partial charge in [-0.2, -0.15) is 0 Å². The van der Waals surface area contributed by atoms with Crippen LogP contribution in [-0.4, -0.2) is 56.6 Å². The Hall–Kier alpha value is -2.98. The van der Waals surface area contributed by atoms with E-state index in [2.05, 4.69) is 33.4 Å². The van der Waals surface area contributed by atoms with Crippen molar-refractivity contribution in [1.82, 2.24) is 14.9 Å². The number of hydrogen-bond acceptors (Lipinski definition) is 7. The number of anilines is 1. The lowest BCUT2D eigenvalue weighted by molar-refractivity contribution is 0.217. The quantitative estimate of drug-likeness (QED) is 0.509. The van der Waals surface area contributed by atoms with Crippen LogP contribution in [0, 0.1) is 5.82 Å². The summed E-state index contributed by atoms with van der Waals surface area (Å²) in [6, 6.07) is 7.85. The van der Waals surface area contributed by atoms with Crippen LogP contribution in [0.4, 0.5) is 10.2 Å². The average Bonchev–Trinajstić information content (AvgIpc) is 2.76. The molecule has 8 nitrogen and oxygen atoms in total. The maximum absolute atomic E-state index is 13.1. The van der Waals surface area contributed by atoms with Crippen LogP contribution in [0.25, 0.3) is 10.9 Å². The van der Waals surface area contributed by atoms with E-state index in [0.29, 0.717) is 29.0 Å². The van der Waals surface area contributed by atoms with Gasteiger partial charge in [0.1, 0.15) is 18.8 Å². The van der Waals surface area contributed by atoms with E-state index in [9.17, 15) is 12.8 Å². The molecule has 0 radical (unpaired) electrons. The van der Waals surface area contributed by atoms with E-state index in [4.69, 9.17) is 9.47 Å². The standard InChI is InChI=1S/C21H25FN4O4S/c1-4-26(5-2)10-11-30-20-13-18-17(12-19(20)29-3)21(24-14-23-18)25-31(27,28)16-8-6-15(22)7-9-16/h6-9,12-14H,4-5,10-11H2,1-3H3,(H,23,24,25). The second kappa shape index (κ2) is 9.88. The Balaban J connectivity index is 1.89. The van der Waals surface area contributed by atoms with E-state index in [1.165, 1.54) is 25.6 Å². The Kier molecular flexibility index (Phi) is 7.24. The van der Waals surface area contributed by atoms with Gasteiger partial charge in [-0.15, -0.1) is 0 Å². The molecular formula is C21H25FN4O4S. The van der Waals surface area contributed by atoms with Crippen molar-refractivity contribution < 1.29 is 22.3 Å². The van der Waals surface area contributed by atoms with E-state index >= 15 is 0 Å². The van der Waals surface area contributed by atoms with Gasteiger partial charge >= 0.3 is 0 Å². The molecule has 0 aliphatic carbocycles. The van der Waals surface area contributed by atoms with Gasteiger partial charge in [-0.25, -0.2) is 22.8 Å². The Labute approximate surface area is 181 Å². The zero-order chi connectivity index (χ0) is 22.4. The minimum atomic E-state index is -3.97. The summed E-state index contributed by atoms with van der Waals surface area (Å²) in [6.07, 6.45) is 1.26. The minimum absolute atomic E-state index is 0.0796. The zero-order valence-corrected chi connectivity index (χ0v) is 18.4. The fraction of sp³-hybridized carbons (Fsp3) is 0.333. The summed E-state index contributed by atoms with van der Waals surface area (Å²) in [5, 5.41) is 0.445. The number of likely N-dealkylation sites (N-methyl/N-ethyl adjacent to an activating group) is 1. The number of ether oxygens (including phenoxy) is 2. The molecule has 166 valence electrons. The molecule has 0 spiro atoms. The molecule has 1 aromatic heterocycles. The van der Waals surface area contributed by atoms with Crippen molar-refractivity contribution in [2.24, 2.45) is 0 Å². The molecule has 0 bridgehead atoms. The number of rotatable bonds is 10. The summed E-state index contributed by atoms with van der Waals surface area (Å²) in [4.78, 5) is 10.5. The van der Waals surface area contributed by atoms with Crippen molar-refractivity contribution >= 4 is 26.7 Å². The van der Waals surface area contributed by atoms with Crippen molar-refractivity contribution in [3.05, 3.63) is 48.5 Å². The molecule has 0 saturated carbocycles. The molecule has 0 aliphatic rings. The molecular weight excluding hydrogens is 423 g/mol. The lowest BCUT2D eigenvalue weighted by Crippen LogP contribution is -2.27. The maximum atomic E-state index is 13.1. The number of methoxy groups -OCH3 is 1. The number of halogens is 1. The summed E-state index contributed by atoms with van der Waals surface area (Å²) in [5.74, 6) is 0.504. The van der Waals surface area contributed by atoms with E-state index in [-0.39, 0.29) is 10.7 Å². The molecule has 0 saturated heterocycles. The van der Waals surface area contributed by atoms with E-state index in [1.807, 2.05) is 0 Å². The van der Waals surface area contributed by atoms with E-state index < -0.39 is 15.8 Å². The Morgan fingerprint density at radius 1 is 1.06 bits per heavy atom. The highest BCUT2D eigenvalue weighted by Crippen LogP contribution is 2.34. The third kappa shape index (κ3) is 5.39. The number of nitrogens with zero attached hydrogens (tertiary/aromatic N) is 3. The van der Waals surface area contributed by atoms with Crippen LogP contribution < -0.4 is 14.2 Å². The minimum Gasteiger partial charge on any atom is -0.493 e. The third-order valence-corrected chi connectivity index (χ3v) is 6.19. The summed E-state index contributed by atoms with van der Waals surface area (Å²) in [6.45, 7) is 7.27. The van der Waals surface area contributed by atoms with Gasteiger partial charge < -0.3 is 14.4 Å². The first-order valence-electron chi connectivity index (χ1n) is 9.84. The highest BCUT2D eigenvalue weighted by molar-refractivity contribution is 7.92.